The van der Waals surface area contributed by atoms with Crippen molar-refractivity contribution in [1.29, 1.82) is 0 Å². The summed E-state index contributed by atoms with van der Waals surface area (Å²) in [5.41, 5.74) is 3.22. The van der Waals surface area contributed by atoms with Crippen LogP contribution in [0.25, 0.3) is 10.8 Å². The number of carbonyl (C=O) groups is 1. The number of hydrogen-bond acceptors (Lipinski definition) is 2. The second-order valence-electron chi connectivity index (χ2n) is 6.02. The number of fused-ring (bicyclic) bond motifs is 1. The summed E-state index contributed by atoms with van der Waals surface area (Å²) in [7, 11) is 0. The van der Waals surface area contributed by atoms with Gasteiger partial charge in [-0.05, 0) is 34.9 Å². The zero-order valence-electron chi connectivity index (χ0n) is 14.8. The summed E-state index contributed by atoms with van der Waals surface area (Å²) in [6, 6.07) is 22.0. The van der Waals surface area contributed by atoms with Gasteiger partial charge in [0.15, 0.2) is 0 Å². The second kappa shape index (κ2) is 8.73. The van der Waals surface area contributed by atoms with Gasteiger partial charge in [0.05, 0.1) is 0 Å². The van der Waals surface area contributed by atoms with Gasteiger partial charge in [0.25, 0.3) is 0 Å². The van der Waals surface area contributed by atoms with E-state index in [9.17, 15) is 4.79 Å². The van der Waals surface area contributed by atoms with Crippen LogP contribution in [0.15, 0.2) is 66.7 Å². The van der Waals surface area contributed by atoms with Gasteiger partial charge in [0, 0.05) is 18.5 Å². The van der Waals surface area contributed by atoms with Crippen molar-refractivity contribution in [2.45, 2.75) is 20.0 Å². The Kier molecular flexibility index (Phi) is 5.90. The molecule has 3 nitrogen and oxygen atoms in total. The van der Waals surface area contributed by atoms with Crippen LogP contribution < -0.4 is 5.32 Å². The summed E-state index contributed by atoms with van der Waals surface area (Å²) in [6.07, 6.45) is 0.152. The quantitative estimate of drug-likeness (QED) is 0.545. The van der Waals surface area contributed by atoms with E-state index in [1.54, 1.807) is 0 Å². The van der Waals surface area contributed by atoms with Gasteiger partial charge in [0.1, 0.15) is 6.61 Å². The highest BCUT2D eigenvalue weighted by Gasteiger charge is 2.02. The van der Waals surface area contributed by atoms with Crippen LogP contribution in [0.5, 0.6) is 0 Å². The molecular weight excluding hydrogens is 322 g/mol. The fourth-order valence-corrected chi connectivity index (χ4v) is 2.72. The van der Waals surface area contributed by atoms with Crippen molar-refractivity contribution in [3.05, 3.63) is 83.4 Å². The lowest BCUT2D eigenvalue weighted by Gasteiger charge is -2.05. The van der Waals surface area contributed by atoms with Crippen molar-refractivity contribution < 1.29 is 9.53 Å². The van der Waals surface area contributed by atoms with Crippen LogP contribution in [-0.2, 0) is 11.3 Å². The van der Waals surface area contributed by atoms with E-state index in [1.807, 2.05) is 48.5 Å². The first-order valence-electron chi connectivity index (χ1n) is 8.66. The molecule has 3 heteroatoms. The predicted molar refractivity (Wildman–Crippen MR) is 105 cm³/mol. The number of amides is 1. The SMILES string of the molecule is Cc1ccc(C#CCCNC(=O)OCc2ccccc2)c2ccccc12. The number of carbonyl (C=O) groups excluding carboxylic acids is 1. The molecule has 0 saturated heterocycles. The molecule has 130 valence electrons. The Morgan fingerprint density at radius 3 is 2.50 bits per heavy atom. The number of hydrogen-bond donors (Lipinski definition) is 1. The van der Waals surface area contributed by atoms with Crippen LogP contribution >= 0.6 is 0 Å². The molecule has 0 radical (unpaired) electrons. The van der Waals surface area contributed by atoms with Gasteiger partial charge in [-0.1, -0.05) is 72.5 Å². The zero-order valence-corrected chi connectivity index (χ0v) is 14.8. The molecule has 1 N–H and O–H groups in total. The Bertz CT molecular complexity index is 952. The molecule has 0 aliphatic carbocycles. The molecule has 0 aliphatic heterocycles. The van der Waals surface area contributed by atoms with E-state index in [2.05, 4.69) is 42.3 Å². The second-order valence-corrected chi connectivity index (χ2v) is 6.02. The summed E-state index contributed by atoms with van der Waals surface area (Å²) >= 11 is 0. The number of alkyl carbamates (subject to hydrolysis) is 1. The number of rotatable bonds is 4. The molecular formula is C23H21NO2. The highest BCUT2D eigenvalue weighted by Crippen LogP contribution is 2.21. The van der Waals surface area contributed by atoms with E-state index in [0.717, 1.165) is 16.5 Å². The summed E-state index contributed by atoms with van der Waals surface area (Å²) in [4.78, 5) is 11.7. The van der Waals surface area contributed by atoms with Crippen molar-refractivity contribution in [3.8, 4) is 11.8 Å². The topological polar surface area (TPSA) is 38.3 Å². The normalized spacial score (nSPS) is 10.0. The van der Waals surface area contributed by atoms with E-state index in [-0.39, 0.29) is 6.61 Å². The van der Waals surface area contributed by atoms with Gasteiger partial charge >= 0.3 is 6.09 Å². The van der Waals surface area contributed by atoms with Crippen molar-refractivity contribution in [2.75, 3.05) is 6.54 Å². The highest BCUT2D eigenvalue weighted by molar-refractivity contribution is 5.90. The molecule has 3 aromatic carbocycles. The van der Waals surface area contributed by atoms with Crippen molar-refractivity contribution >= 4 is 16.9 Å². The molecule has 0 spiro atoms. The molecule has 3 rings (SSSR count). The standard InChI is InChI=1S/C23H21NO2/c1-18-14-15-20(22-13-6-5-12-21(18)22)11-7-8-16-24-23(25)26-17-19-9-3-2-4-10-19/h2-6,9-10,12-15H,8,16-17H2,1H3,(H,24,25). The summed E-state index contributed by atoms with van der Waals surface area (Å²) in [5.74, 6) is 6.33. The third kappa shape index (κ3) is 4.64. The third-order valence-electron chi connectivity index (χ3n) is 4.10. The minimum absolute atomic E-state index is 0.272. The van der Waals surface area contributed by atoms with E-state index in [1.165, 1.54) is 10.9 Å². The largest absolute Gasteiger partial charge is 0.445 e. The lowest BCUT2D eigenvalue weighted by molar-refractivity contribution is 0.140. The van der Waals surface area contributed by atoms with Crippen molar-refractivity contribution in [1.82, 2.24) is 5.32 Å². The maximum absolute atomic E-state index is 11.7. The van der Waals surface area contributed by atoms with Gasteiger partial charge in [-0.25, -0.2) is 4.79 Å². The van der Waals surface area contributed by atoms with Gasteiger partial charge in [-0.3, -0.25) is 0 Å². The third-order valence-corrected chi connectivity index (χ3v) is 4.10. The Balaban J connectivity index is 1.49. The van der Waals surface area contributed by atoms with Crippen LogP contribution in [0.1, 0.15) is 23.1 Å². The van der Waals surface area contributed by atoms with Crippen molar-refractivity contribution in [2.24, 2.45) is 0 Å². The van der Waals surface area contributed by atoms with Gasteiger partial charge in [-0.15, -0.1) is 0 Å². The maximum Gasteiger partial charge on any atom is 0.407 e. The minimum Gasteiger partial charge on any atom is -0.445 e. The van der Waals surface area contributed by atoms with E-state index >= 15 is 0 Å². The zero-order chi connectivity index (χ0) is 18.2. The molecule has 1 amide bonds. The molecule has 0 aromatic heterocycles. The number of aryl methyl sites for hydroxylation is 1. The molecule has 0 atom stereocenters. The Hall–Kier alpha value is -3.25. The van der Waals surface area contributed by atoms with Crippen LogP contribution in [0, 0.1) is 18.8 Å². The summed E-state index contributed by atoms with van der Waals surface area (Å²) in [6.45, 7) is 2.84. The van der Waals surface area contributed by atoms with E-state index in [4.69, 9.17) is 4.74 Å². The fraction of sp³-hybridized carbons (Fsp3) is 0.174. The number of nitrogens with one attached hydrogen (secondary N) is 1. The fourth-order valence-electron chi connectivity index (χ4n) is 2.72. The van der Waals surface area contributed by atoms with Crippen LogP contribution in [0.4, 0.5) is 4.79 Å². The number of ether oxygens (including phenoxy) is 1. The average Bonchev–Trinajstić information content (AvgIpc) is 2.69. The molecule has 0 unspecified atom stereocenters. The first-order chi connectivity index (χ1) is 12.7. The Morgan fingerprint density at radius 2 is 1.69 bits per heavy atom. The monoisotopic (exact) mass is 343 g/mol. The van der Waals surface area contributed by atoms with Gasteiger partial charge in [-0.2, -0.15) is 0 Å². The lowest BCUT2D eigenvalue weighted by atomic mass is 10.0. The summed E-state index contributed by atoms with van der Waals surface area (Å²) < 4.78 is 5.17. The van der Waals surface area contributed by atoms with Gasteiger partial charge < -0.3 is 10.1 Å². The molecule has 3 aromatic rings. The molecule has 0 aliphatic rings. The van der Waals surface area contributed by atoms with Crippen LogP contribution in [-0.4, -0.2) is 12.6 Å². The summed E-state index contributed by atoms with van der Waals surface area (Å²) in [5, 5.41) is 5.11. The lowest BCUT2D eigenvalue weighted by Crippen LogP contribution is -2.24. The smallest absolute Gasteiger partial charge is 0.407 e. The maximum atomic E-state index is 11.7. The minimum atomic E-state index is -0.420. The van der Waals surface area contributed by atoms with Crippen LogP contribution in [0.2, 0.25) is 0 Å². The average molecular weight is 343 g/mol. The molecule has 26 heavy (non-hydrogen) atoms. The first kappa shape index (κ1) is 17.6. The predicted octanol–water partition coefficient (Wildman–Crippen LogP) is 4.82. The van der Waals surface area contributed by atoms with Gasteiger partial charge in [0.2, 0.25) is 0 Å². The van der Waals surface area contributed by atoms with Crippen LogP contribution in [0.3, 0.4) is 0 Å². The molecule has 0 bridgehead atoms. The first-order valence-corrected chi connectivity index (χ1v) is 8.66. The molecule has 0 heterocycles. The Morgan fingerprint density at radius 1 is 0.962 bits per heavy atom. The van der Waals surface area contributed by atoms with E-state index in [0.29, 0.717) is 13.0 Å². The van der Waals surface area contributed by atoms with Crippen molar-refractivity contribution in [3.63, 3.8) is 0 Å². The Labute approximate surface area is 154 Å². The molecule has 0 fully saturated rings. The molecule has 0 saturated carbocycles. The highest BCUT2D eigenvalue weighted by atomic mass is 16.5. The number of benzene rings is 3. The van der Waals surface area contributed by atoms with E-state index < -0.39 is 6.09 Å².